The number of benzene rings is 1. The molecule has 0 radical (unpaired) electrons. The van der Waals surface area contributed by atoms with Crippen LogP contribution in [0.1, 0.15) is 71.0 Å². The van der Waals surface area contributed by atoms with Crippen molar-refractivity contribution in [3.05, 3.63) is 35.0 Å². The molecule has 1 spiro atoms. The van der Waals surface area contributed by atoms with Crippen molar-refractivity contribution in [3.63, 3.8) is 0 Å². The predicted molar refractivity (Wildman–Crippen MR) is 141 cm³/mol. The highest BCUT2D eigenvalue weighted by atomic mass is 17.3. The molecule has 14 heteroatoms. The second kappa shape index (κ2) is 11.7. The van der Waals surface area contributed by atoms with E-state index in [1.54, 1.807) is 6.92 Å². The van der Waals surface area contributed by atoms with Crippen LogP contribution in [0.3, 0.4) is 0 Å². The van der Waals surface area contributed by atoms with Crippen LogP contribution in [0.2, 0.25) is 0 Å². The molecule has 4 aliphatic heterocycles. The average Bonchev–Trinajstić information content (AvgIpc) is 3.18. The number of nitrogens with one attached hydrogen (secondary N) is 1. The fourth-order valence-electron chi connectivity index (χ4n) is 6.95. The van der Waals surface area contributed by atoms with Crippen LogP contribution in [0.25, 0.3) is 0 Å². The molecule has 1 amide bonds. The highest BCUT2D eigenvalue weighted by molar-refractivity contribution is 5.86. The highest BCUT2D eigenvalue weighted by Gasteiger charge is 2.69. The van der Waals surface area contributed by atoms with Gasteiger partial charge in [0.25, 0.3) is 0 Å². The lowest BCUT2D eigenvalue weighted by Crippen LogP contribution is -2.70. The van der Waals surface area contributed by atoms with Gasteiger partial charge in [0.05, 0.1) is 12.1 Å². The number of hydrogen-bond donors (Lipinski definition) is 4. The molecule has 5 fully saturated rings. The number of carboxylic acid groups (broad SMARTS) is 1. The Hall–Kier alpha value is -2.85. The Kier molecular flexibility index (Phi) is 8.51. The van der Waals surface area contributed by atoms with Crippen LogP contribution in [0, 0.1) is 28.9 Å². The molecule has 1 aromatic rings. The standard InChI is InChI=1S/C28H37N2O12/c1-14-7-8-19-15(2)25(39-26-28(19)18(14)11-12-27(3,40-26)41-42-28)38-21(32)10-9-20(31)29-22(24(34)35)23(33)16-5-4-6-17(13-16)30(36)37/h4-6,13-15,18-19,22-23,25-26,33,36H,7-12H2,1-3H3,(H,29,31)(H,34,35)/q-1/t14-,15+,18-,19+,22-,23+,25+,26-,27-,28+/m0/s1. The summed E-state index contributed by atoms with van der Waals surface area (Å²) in [6.07, 6.45) is -0.993. The molecule has 0 unspecified atom stereocenters. The van der Waals surface area contributed by atoms with Gasteiger partial charge in [0, 0.05) is 24.7 Å². The summed E-state index contributed by atoms with van der Waals surface area (Å²) in [4.78, 5) is 49.0. The number of hydrogen-bond acceptors (Lipinski definition) is 12. The molecule has 232 valence electrons. The van der Waals surface area contributed by atoms with Crippen molar-refractivity contribution < 1.29 is 53.8 Å². The van der Waals surface area contributed by atoms with Gasteiger partial charge in [-0.15, -0.1) is 0 Å². The number of aliphatic hydroxyl groups is 1. The zero-order valence-electron chi connectivity index (χ0n) is 23.6. The summed E-state index contributed by atoms with van der Waals surface area (Å²) >= 11 is 0. The first kappa shape index (κ1) is 30.6. The summed E-state index contributed by atoms with van der Waals surface area (Å²) in [5.74, 6) is -3.85. The fraction of sp³-hybridized carbons (Fsp3) is 0.679. The van der Waals surface area contributed by atoms with E-state index in [0.29, 0.717) is 12.3 Å². The predicted octanol–water partition coefficient (Wildman–Crippen LogP) is 2.51. The van der Waals surface area contributed by atoms with Crippen LogP contribution in [0.4, 0.5) is 5.69 Å². The molecule has 1 aliphatic carbocycles. The number of nitrogens with zero attached hydrogens (tertiary/aromatic N) is 1. The molecule has 0 aromatic heterocycles. The number of ether oxygens (including phenoxy) is 3. The van der Waals surface area contributed by atoms with Gasteiger partial charge in [-0.1, -0.05) is 26.0 Å². The molecular formula is C28H37N2O12-. The zero-order valence-corrected chi connectivity index (χ0v) is 23.6. The number of anilines is 1. The van der Waals surface area contributed by atoms with E-state index in [4.69, 9.17) is 29.2 Å². The lowest BCUT2D eigenvalue weighted by atomic mass is 9.58. The largest absolute Gasteiger partial charge is 0.733 e. The van der Waals surface area contributed by atoms with Crippen molar-refractivity contribution >= 4 is 23.5 Å². The van der Waals surface area contributed by atoms with Gasteiger partial charge in [0.2, 0.25) is 18.0 Å². The Morgan fingerprint density at radius 2 is 1.93 bits per heavy atom. The van der Waals surface area contributed by atoms with Gasteiger partial charge < -0.3 is 40.2 Å². The summed E-state index contributed by atoms with van der Waals surface area (Å²) in [7, 11) is 0. The maximum Gasteiger partial charge on any atom is 0.329 e. The van der Waals surface area contributed by atoms with Crippen molar-refractivity contribution in [2.24, 2.45) is 23.7 Å². The summed E-state index contributed by atoms with van der Waals surface area (Å²) in [5.41, 5.74) is -1.07. The third-order valence-electron chi connectivity index (χ3n) is 9.23. The Labute approximate surface area is 242 Å². The van der Waals surface area contributed by atoms with E-state index in [0.717, 1.165) is 25.3 Å². The third kappa shape index (κ3) is 5.60. The summed E-state index contributed by atoms with van der Waals surface area (Å²) < 4.78 is 18.1. The maximum absolute atomic E-state index is 12.8. The lowest BCUT2D eigenvalue weighted by Gasteiger charge is -2.59. The van der Waals surface area contributed by atoms with Crippen LogP contribution in [0.5, 0.6) is 0 Å². The van der Waals surface area contributed by atoms with Gasteiger partial charge in [0.15, 0.2) is 17.9 Å². The van der Waals surface area contributed by atoms with Crippen molar-refractivity contribution in [3.8, 4) is 0 Å². The molecule has 1 saturated carbocycles. The van der Waals surface area contributed by atoms with E-state index < -0.39 is 65.6 Å². The van der Waals surface area contributed by atoms with Gasteiger partial charge in [-0.3, -0.25) is 14.8 Å². The Balaban J connectivity index is 1.19. The smallest absolute Gasteiger partial charge is 0.329 e. The maximum atomic E-state index is 12.8. The second-order valence-electron chi connectivity index (χ2n) is 12.0. The van der Waals surface area contributed by atoms with Crippen LogP contribution in [-0.2, 0) is 38.4 Å². The molecule has 4 N–H and O–H groups in total. The Morgan fingerprint density at radius 1 is 1.17 bits per heavy atom. The monoisotopic (exact) mass is 593 g/mol. The van der Waals surface area contributed by atoms with E-state index >= 15 is 0 Å². The number of carboxylic acids is 1. The molecule has 14 nitrogen and oxygen atoms in total. The van der Waals surface area contributed by atoms with Crippen molar-refractivity contribution in [2.45, 2.75) is 95.4 Å². The van der Waals surface area contributed by atoms with E-state index in [-0.39, 0.29) is 35.4 Å². The molecule has 2 bridgehead atoms. The topological polar surface area (TPSA) is 196 Å². The Bertz CT molecular complexity index is 1200. The first-order valence-electron chi connectivity index (χ1n) is 14.2. The number of carbonyl (C=O) groups excluding carboxylic acids is 2. The van der Waals surface area contributed by atoms with Gasteiger partial charge in [-0.05, 0) is 55.7 Å². The lowest BCUT2D eigenvalue weighted by molar-refractivity contribution is -0.576. The van der Waals surface area contributed by atoms with Gasteiger partial charge in [-0.2, -0.15) is 0 Å². The van der Waals surface area contributed by atoms with E-state index in [2.05, 4.69) is 12.2 Å². The summed E-state index contributed by atoms with van der Waals surface area (Å²) in [5, 5.41) is 42.1. The number of carbonyl (C=O) groups is 3. The average molecular weight is 594 g/mol. The minimum atomic E-state index is -1.78. The van der Waals surface area contributed by atoms with Crippen molar-refractivity contribution in [1.29, 1.82) is 0 Å². The molecule has 42 heavy (non-hydrogen) atoms. The molecule has 1 aromatic carbocycles. The molecular weight excluding hydrogens is 556 g/mol. The minimum absolute atomic E-state index is 0.0206. The minimum Gasteiger partial charge on any atom is -0.733 e. The van der Waals surface area contributed by atoms with Crippen molar-refractivity contribution in [1.82, 2.24) is 5.32 Å². The number of amides is 1. The quantitative estimate of drug-likeness (QED) is 0.185. The third-order valence-corrected chi connectivity index (χ3v) is 9.23. The van der Waals surface area contributed by atoms with Crippen LogP contribution in [0.15, 0.2) is 24.3 Å². The molecule has 5 aliphatic rings. The Morgan fingerprint density at radius 3 is 2.64 bits per heavy atom. The zero-order chi connectivity index (χ0) is 30.4. The van der Waals surface area contributed by atoms with Crippen molar-refractivity contribution in [2.75, 3.05) is 5.23 Å². The SMILES string of the molecule is C[C@H]1[C@H](OC(=O)CCC(=O)N[C@H](C(=O)O)[C@H](O)c2cccc(N([O-])O)c2)O[C@H]2O[C@]3(C)CC[C@H]4[C@@H](C)CC[C@H]1[C@@]24OO3. The number of fused-ring (bicyclic) bond motifs is 2. The van der Waals surface area contributed by atoms with Gasteiger partial charge in [0.1, 0.15) is 6.10 Å². The second-order valence-corrected chi connectivity index (χ2v) is 12.0. The highest BCUT2D eigenvalue weighted by Crippen LogP contribution is 2.60. The molecule has 4 saturated heterocycles. The van der Waals surface area contributed by atoms with E-state index in [1.807, 2.05) is 6.92 Å². The van der Waals surface area contributed by atoms with Crippen LogP contribution < -0.4 is 10.5 Å². The van der Waals surface area contributed by atoms with Crippen LogP contribution in [-0.4, -0.2) is 63.3 Å². The molecule has 4 heterocycles. The van der Waals surface area contributed by atoms with Crippen LogP contribution >= 0.6 is 0 Å². The molecule has 10 atom stereocenters. The van der Waals surface area contributed by atoms with Gasteiger partial charge >= 0.3 is 11.9 Å². The fourth-order valence-corrected chi connectivity index (χ4v) is 6.95. The number of esters is 1. The number of rotatable bonds is 9. The normalized spacial score (nSPS) is 36.6. The van der Waals surface area contributed by atoms with E-state index in [9.17, 15) is 29.8 Å². The number of aliphatic carboxylic acids is 1. The van der Waals surface area contributed by atoms with Gasteiger partial charge in [-0.25, -0.2) is 14.6 Å². The first-order chi connectivity index (χ1) is 19.8. The van der Waals surface area contributed by atoms with E-state index in [1.165, 1.54) is 18.2 Å². The summed E-state index contributed by atoms with van der Waals surface area (Å²) in [6, 6.07) is 3.22. The first-order valence-corrected chi connectivity index (χ1v) is 14.2. The number of aliphatic hydroxyl groups excluding tert-OH is 1. The molecule has 6 rings (SSSR count). The summed E-state index contributed by atoms with van der Waals surface area (Å²) in [6.45, 7) is 5.91.